The number of hydrogen-bond donors (Lipinski definition) is 2. The normalized spacial score (nSPS) is 19.2. The molecule has 0 aliphatic carbocycles. The first-order valence-corrected chi connectivity index (χ1v) is 11.5. The van der Waals surface area contributed by atoms with Gasteiger partial charge in [0.2, 0.25) is 5.91 Å². The third kappa shape index (κ3) is 4.91. The number of methoxy groups -OCH3 is 1. The summed E-state index contributed by atoms with van der Waals surface area (Å²) in [5, 5.41) is 2.60. The van der Waals surface area contributed by atoms with Crippen LogP contribution < -0.4 is 20.7 Å². The van der Waals surface area contributed by atoms with Gasteiger partial charge in [0, 0.05) is 30.8 Å². The van der Waals surface area contributed by atoms with Crippen LogP contribution in [0.2, 0.25) is 0 Å². The van der Waals surface area contributed by atoms with Crippen LogP contribution in [0.25, 0.3) is 11.4 Å². The highest BCUT2D eigenvalue weighted by atomic mass is 32.2. The van der Waals surface area contributed by atoms with Gasteiger partial charge >= 0.3 is 0 Å². The van der Waals surface area contributed by atoms with Crippen molar-refractivity contribution in [2.24, 2.45) is 5.73 Å². The number of carbonyl (C=O) groups is 2. The Kier molecular flexibility index (Phi) is 7.03. The number of nitrogens with zero attached hydrogens (tertiary/aromatic N) is 3. The van der Waals surface area contributed by atoms with E-state index in [1.165, 1.54) is 7.11 Å². The summed E-state index contributed by atoms with van der Waals surface area (Å²) in [6, 6.07) is 3.30. The molecule has 2 amide bonds. The number of imidazole rings is 1. The van der Waals surface area contributed by atoms with Gasteiger partial charge in [0.1, 0.15) is 30.3 Å². The average Bonchev–Trinajstić information content (AvgIpc) is 2.97. The monoisotopic (exact) mass is 481 g/mol. The fourth-order valence-corrected chi connectivity index (χ4v) is 4.78. The maximum Gasteiger partial charge on any atom is 0.287 e. The molecule has 0 spiro atoms. The van der Waals surface area contributed by atoms with Gasteiger partial charge in [-0.25, -0.2) is 13.8 Å². The first kappa shape index (κ1) is 23.3. The molecule has 2 atom stereocenters. The summed E-state index contributed by atoms with van der Waals surface area (Å²) in [5.74, 6) is 1.19. The van der Waals surface area contributed by atoms with Crippen LogP contribution in [0, 0.1) is 0 Å². The lowest BCUT2D eigenvalue weighted by molar-refractivity contribution is -0.119. The molecule has 0 radical (unpaired) electrons. The number of rotatable bonds is 7. The largest absolute Gasteiger partial charge is 0.491 e. The minimum absolute atomic E-state index is 0.105. The van der Waals surface area contributed by atoms with Crippen molar-refractivity contribution in [2.45, 2.75) is 37.9 Å². The molecule has 0 unspecified atom stereocenters. The molecule has 3 heterocycles. The first-order chi connectivity index (χ1) is 15.9. The third-order valence-electron chi connectivity index (χ3n) is 5.53. The second-order valence-electron chi connectivity index (χ2n) is 7.76. The van der Waals surface area contributed by atoms with E-state index in [0.29, 0.717) is 48.2 Å². The number of amides is 2. The number of anilines is 2. The molecule has 9 nitrogen and oxygen atoms in total. The second kappa shape index (κ2) is 9.96. The summed E-state index contributed by atoms with van der Waals surface area (Å²) >= 11 is 1.04. The summed E-state index contributed by atoms with van der Waals surface area (Å²) in [7, 11) is 1.47. The van der Waals surface area contributed by atoms with E-state index in [-0.39, 0.29) is 18.8 Å². The molecular weight excluding hydrogens is 456 g/mol. The number of aromatic nitrogens is 2. The molecule has 2 aliphatic rings. The van der Waals surface area contributed by atoms with E-state index in [0.717, 1.165) is 16.7 Å². The zero-order valence-electron chi connectivity index (χ0n) is 18.0. The van der Waals surface area contributed by atoms with Crippen molar-refractivity contribution in [1.29, 1.82) is 0 Å². The van der Waals surface area contributed by atoms with Crippen LogP contribution >= 0.6 is 11.8 Å². The smallest absolute Gasteiger partial charge is 0.287 e. The van der Waals surface area contributed by atoms with Gasteiger partial charge in [-0.3, -0.25) is 14.5 Å². The van der Waals surface area contributed by atoms with Gasteiger partial charge in [0.05, 0.1) is 18.7 Å². The van der Waals surface area contributed by atoms with Crippen LogP contribution in [0.5, 0.6) is 5.75 Å². The minimum atomic E-state index is -2.66. The summed E-state index contributed by atoms with van der Waals surface area (Å²) in [4.78, 5) is 30.0. The summed E-state index contributed by atoms with van der Waals surface area (Å²) in [5.41, 5.74) is 6.66. The van der Waals surface area contributed by atoms with E-state index >= 15 is 0 Å². The Morgan fingerprint density at radius 1 is 1.45 bits per heavy atom. The molecule has 33 heavy (non-hydrogen) atoms. The highest BCUT2D eigenvalue weighted by Gasteiger charge is 2.36. The number of hydrogen-bond acceptors (Lipinski definition) is 7. The molecular formula is C21H25F2N5O4S. The zero-order valence-corrected chi connectivity index (χ0v) is 18.8. The van der Waals surface area contributed by atoms with Crippen LogP contribution in [0.4, 0.5) is 25.1 Å². The number of nitrogens with two attached hydrogens (primary N) is 1. The van der Waals surface area contributed by atoms with Crippen LogP contribution in [0.1, 0.15) is 12.8 Å². The standard InChI is InChI=1S/C21H25F2N5O4S/c1-31-11-14(19(24)29)25-12-4-5-13-16(9-12)32-7-6-27-10-17(26-20(13)27)28-15(18(22)23)3-2-8-33-21(28)30/h4-5,9-10,14-15,18,25H,2-3,6-8,11H2,1H3,(H2,24,29)/t14-,15-/m0/s1. The summed E-state index contributed by atoms with van der Waals surface area (Å²) < 4.78 is 40.2. The Morgan fingerprint density at radius 2 is 2.27 bits per heavy atom. The Hall–Kier alpha value is -2.86. The topological polar surface area (TPSA) is 112 Å². The van der Waals surface area contributed by atoms with Crippen molar-refractivity contribution in [2.75, 3.05) is 36.3 Å². The van der Waals surface area contributed by atoms with Crippen molar-refractivity contribution in [3.05, 3.63) is 24.4 Å². The maximum absolute atomic E-state index is 13.8. The zero-order chi connectivity index (χ0) is 23.5. The number of ether oxygens (including phenoxy) is 2. The summed E-state index contributed by atoms with van der Waals surface area (Å²) in [6.45, 7) is 0.855. The van der Waals surface area contributed by atoms with Crippen LogP contribution in [0.15, 0.2) is 24.4 Å². The minimum Gasteiger partial charge on any atom is -0.491 e. The second-order valence-corrected chi connectivity index (χ2v) is 8.80. The molecule has 0 bridgehead atoms. The number of benzene rings is 1. The average molecular weight is 482 g/mol. The van der Waals surface area contributed by atoms with E-state index < -0.39 is 29.7 Å². The molecule has 1 fully saturated rings. The lowest BCUT2D eigenvalue weighted by Crippen LogP contribution is -2.42. The van der Waals surface area contributed by atoms with Crippen molar-refractivity contribution in [3.63, 3.8) is 0 Å². The fourth-order valence-electron chi connectivity index (χ4n) is 3.92. The molecule has 1 aromatic carbocycles. The molecule has 0 saturated carbocycles. The Morgan fingerprint density at radius 3 is 3.00 bits per heavy atom. The quantitative estimate of drug-likeness (QED) is 0.625. The number of nitrogens with one attached hydrogen (secondary N) is 1. The number of fused-ring (bicyclic) bond motifs is 3. The molecule has 3 N–H and O–H groups in total. The Labute approximate surface area is 193 Å². The molecule has 4 rings (SSSR count). The van der Waals surface area contributed by atoms with Crippen molar-refractivity contribution >= 4 is 34.4 Å². The molecule has 12 heteroatoms. The summed E-state index contributed by atoms with van der Waals surface area (Å²) in [6.07, 6.45) is -0.280. The van der Waals surface area contributed by atoms with Gasteiger partial charge in [-0.2, -0.15) is 0 Å². The highest BCUT2D eigenvalue weighted by molar-refractivity contribution is 8.13. The number of halogens is 2. The maximum atomic E-state index is 13.8. The van der Waals surface area contributed by atoms with Gasteiger partial charge in [-0.05, 0) is 25.0 Å². The van der Waals surface area contributed by atoms with Gasteiger partial charge in [-0.15, -0.1) is 0 Å². The highest BCUT2D eigenvalue weighted by Crippen LogP contribution is 2.37. The predicted octanol–water partition coefficient (Wildman–Crippen LogP) is 2.94. The van der Waals surface area contributed by atoms with E-state index in [1.54, 1.807) is 29.0 Å². The number of alkyl halides is 2. The van der Waals surface area contributed by atoms with E-state index in [1.807, 2.05) is 0 Å². The van der Waals surface area contributed by atoms with E-state index in [2.05, 4.69) is 10.3 Å². The number of thioether (sulfide) groups is 1. The molecule has 1 aromatic heterocycles. The number of carbonyl (C=O) groups excluding carboxylic acids is 2. The van der Waals surface area contributed by atoms with Crippen LogP contribution in [-0.2, 0) is 16.1 Å². The van der Waals surface area contributed by atoms with Crippen molar-refractivity contribution < 1.29 is 27.8 Å². The van der Waals surface area contributed by atoms with Gasteiger partial charge in [-0.1, -0.05) is 11.8 Å². The van der Waals surface area contributed by atoms with E-state index in [4.69, 9.17) is 15.2 Å². The number of primary amides is 1. The SMILES string of the molecule is COC[C@H](Nc1ccc2c(c1)OCCn1cc(N3C(=O)SCCC[C@H]3C(F)F)nc1-2)C(N)=O. The first-order valence-electron chi connectivity index (χ1n) is 10.5. The Balaban J connectivity index is 1.67. The molecule has 1 saturated heterocycles. The fraction of sp³-hybridized carbons (Fsp3) is 0.476. The lowest BCUT2D eigenvalue weighted by Gasteiger charge is -2.26. The van der Waals surface area contributed by atoms with Crippen LogP contribution in [-0.4, -0.2) is 65.3 Å². The Bertz CT molecular complexity index is 1030. The van der Waals surface area contributed by atoms with Gasteiger partial charge in [0.25, 0.3) is 11.7 Å². The lowest BCUT2D eigenvalue weighted by atomic mass is 10.1. The molecule has 178 valence electrons. The van der Waals surface area contributed by atoms with Crippen molar-refractivity contribution in [1.82, 2.24) is 9.55 Å². The molecule has 2 aliphatic heterocycles. The molecule has 2 aromatic rings. The van der Waals surface area contributed by atoms with Crippen LogP contribution in [0.3, 0.4) is 0 Å². The van der Waals surface area contributed by atoms with Gasteiger partial charge in [0.15, 0.2) is 5.82 Å². The third-order valence-corrected chi connectivity index (χ3v) is 6.47. The van der Waals surface area contributed by atoms with Crippen molar-refractivity contribution in [3.8, 4) is 17.1 Å². The van der Waals surface area contributed by atoms with Gasteiger partial charge < -0.3 is 25.1 Å². The predicted molar refractivity (Wildman–Crippen MR) is 121 cm³/mol. The van der Waals surface area contributed by atoms with E-state index in [9.17, 15) is 18.4 Å².